The monoisotopic (exact) mass is 451 g/mol. The van der Waals surface area contributed by atoms with E-state index in [0.717, 1.165) is 19.4 Å². The number of hydrogen-bond acceptors (Lipinski definition) is 8. The lowest BCUT2D eigenvalue weighted by Gasteiger charge is -2.54. The van der Waals surface area contributed by atoms with Crippen molar-refractivity contribution in [2.24, 2.45) is 13.0 Å². The van der Waals surface area contributed by atoms with E-state index in [1.54, 1.807) is 31.3 Å². The first kappa shape index (κ1) is 21.4. The Morgan fingerprint density at radius 2 is 2.09 bits per heavy atom. The van der Waals surface area contributed by atoms with Gasteiger partial charge in [0.05, 0.1) is 11.7 Å². The largest absolute Gasteiger partial charge is 0.507 e. The number of aryl methyl sites for hydroxylation is 1. The molecule has 1 unspecified atom stereocenters. The summed E-state index contributed by atoms with van der Waals surface area (Å²) in [5, 5.41) is 22.5. The lowest BCUT2D eigenvalue weighted by molar-refractivity contribution is 0.0102. The number of rotatable bonds is 4. The second-order valence-electron chi connectivity index (χ2n) is 9.18. The molecule has 4 atom stereocenters. The predicted molar refractivity (Wildman–Crippen MR) is 122 cm³/mol. The molecule has 6 rings (SSSR count). The van der Waals surface area contributed by atoms with Crippen molar-refractivity contribution in [2.75, 3.05) is 18.5 Å². The van der Waals surface area contributed by atoms with Gasteiger partial charge in [0.15, 0.2) is 11.6 Å². The third-order valence-corrected chi connectivity index (χ3v) is 7.04. The Morgan fingerprint density at radius 1 is 1.27 bits per heavy atom. The van der Waals surface area contributed by atoms with Crippen LogP contribution in [0.4, 0.5) is 10.2 Å². The number of phenolic OH excluding ortho intramolecular Hbond substituents is 1. The zero-order valence-electron chi connectivity index (χ0n) is 18.7. The van der Waals surface area contributed by atoms with Gasteiger partial charge in [-0.05, 0) is 49.9 Å². The lowest BCUT2D eigenvalue weighted by Crippen LogP contribution is -2.70. The second kappa shape index (κ2) is 7.87. The molecule has 2 aromatic heterocycles. The van der Waals surface area contributed by atoms with Crippen molar-refractivity contribution < 1.29 is 9.50 Å². The molecule has 2 bridgehead atoms. The maximum absolute atomic E-state index is 15.3. The van der Waals surface area contributed by atoms with Crippen LogP contribution in [0.1, 0.15) is 19.8 Å². The van der Waals surface area contributed by atoms with Crippen LogP contribution in [-0.2, 0) is 7.05 Å². The maximum atomic E-state index is 15.3. The fourth-order valence-corrected chi connectivity index (χ4v) is 4.92. The molecule has 9 nitrogen and oxygen atoms in total. The van der Waals surface area contributed by atoms with E-state index in [1.165, 1.54) is 17.0 Å². The summed E-state index contributed by atoms with van der Waals surface area (Å²) >= 11 is 0. The molecule has 2 N–H and O–H groups in total. The fourth-order valence-electron chi connectivity index (χ4n) is 4.92. The smallest absolute Gasteiger partial charge is 0.350 e. The Morgan fingerprint density at radius 3 is 2.73 bits per heavy atom. The van der Waals surface area contributed by atoms with Gasteiger partial charge in [0.25, 0.3) is 0 Å². The first-order valence-corrected chi connectivity index (χ1v) is 11.0. The van der Waals surface area contributed by atoms with Gasteiger partial charge in [-0.15, -0.1) is 10.2 Å². The number of phenols is 1. The molecule has 3 fully saturated rings. The van der Waals surface area contributed by atoms with E-state index in [1.807, 2.05) is 18.9 Å². The van der Waals surface area contributed by atoms with Crippen molar-refractivity contribution in [3.05, 3.63) is 47.1 Å². The van der Waals surface area contributed by atoms with E-state index in [0.29, 0.717) is 22.6 Å². The first-order valence-electron chi connectivity index (χ1n) is 11.0. The number of fused-ring (bicyclic) bond motifs is 3. The molecule has 2 aliphatic heterocycles. The van der Waals surface area contributed by atoms with Crippen LogP contribution in [0.15, 0.2) is 41.5 Å². The van der Waals surface area contributed by atoms with Gasteiger partial charge in [0.1, 0.15) is 18.2 Å². The number of hydrogen-bond donors (Lipinski definition) is 2. The number of aromatic hydroxyl groups is 1. The summed E-state index contributed by atoms with van der Waals surface area (Å²) < 4.78 is 16.5. The molecular weight excluding hydrogens is 425 g/mol. The molecule has 0 spiro atoms. The number of alkyl halides is 1. The topological polar surface area (TPSA) is 109 Å². The predicted octanol–water partition coefficient (Wildman–Crippen LogP) is 1.92. The van der Waals surface area contributed by atoms with E-state index in [2.05, 4.69) is 25.5 Å². The number of halogens is 1. The van der Waals surface area contributed by atoms with Crippen LogP contribution in [0, 0.1) is 5.92 Å². The quantitative estimate of drug-likeness (QED) is 0.619. The van der Waals surface area contributed by atoms with Gasteiger partial charge in [0.2, 0.25) is 0 Å². The average molecular weight is 452 g/mol. The molecule has 33 heavy (non-hydrogen) atoms. The Balaban J connectivity index is 1.38. The minimum atomic E-state index is -0.995. The molecule has 1 aliphatic carbocycles. The SMILES string of the molecule is CN(c1ccc(-c2ccc(-c3ncn(C)c(=O)n3)cc2O)nn1)[C@@H]1C2CC[C@@](C)(NC2)[C@@H]1F. The van der Waals surface area contributed by atoms with E-state index in [-0.39, 0.29) is 23.5 Å². The number of benzene rings is 1. The first-order chi connectivity index (χ1) is 15.8. The summed E-state index contributed by atoms with van der Waals surface area (Å²) in [5.74, 6) is 1.02. The van der Waals surface area contributed by atoms with Gasteiger partial charge in [-0.25, -0.2) is 14.2 Å². The van der Waals surface area contributed by atoms with Gasteiger partial charge in [-0.3, -0.25) is 4.57 Å². The Labute approximate surface area is 190 Å². The average Bonchev–Trinajstić information content (AvgIpc) is 2.82. The Bertz CT molecular complexity index is 1240. The van der Waals surface area contributed by atoms with Crippen LogP contribution < -0.4 is 15.9 Å². The molecule has 1 aromatic carbocycles. The van der Waals surface area contributed by atoms with E-state index in [4.69, 9.17) is 0 Å². The third kappa shape index (κ3) is 3.64. The molecule has 1 saturated carbocycles. The van der Waals surface area contributed by atoms with Gasteiger partial charge < -0.3 is 15.3 Å². The highest BCUT2D eigenvalue weighted by molar-refractivity contribution is 5.72. The van der Waals surface area contributed by atoms with Crippen molar-refractivity contribution in [2.45, 2.75) is 37.5 Å². The zero-order chi connectivity index (χ0) is 23.3. The molecule has 0 radical (unpaired) electrons. The third-order valence-electron chi connectivity index (χ3n) is 7.04. The molecule has 3 aromatic rings. The molecule has 172 valence electrons. The van der Waals surface area contributed by atoms with Crippen molar-refractivity contribution >= 4 is 5.82 Å². The van der Waals surface area contributed by atoms with Crippen molar-refractivity contribution in [1.29, 1.82) is 0 Å². The second-order valence-corrected chi connectivity index (χ2v) is 9.18. The van der Waals surface area contributed by atoms with Gasteiger partial charge >= 0.3 is 5.69 Å². The molecule has 0 amide bonds. The van der Waals surface area contributed by atoms with Gasteiger partial charge in [0, 0.05) is 37.3 Å². The summed E-state index contributed by atoms with van der Waals surface area (Å²) in [6.07, 6.45) is 2.21. The number of anilines is 1. The van der Waals surface area contributed by atoms with Crippen molar-refractivity contribution in [3.8, 4) is 28.4 Å². The Kier molecular flexibility index (Phi) is 5.12. The molecule has 3 aliphatic rings. The fraction of sp³-hybridized carbons (Fsp3) is 0.435. The van der Waals surface area contributed by atoms with Crippen LogP contribution in [-0.4, -0.2) is 61.2 Å². The highest BCUT2D eigenvalue weighted by Gasteiger charge is 2.53. The van der Waals surface area contributed by atoms with E-state index >= 15 is 4.39 Å². The van der Waals surface area contributed by atoms with Crippen molar-refractivity contribution in [1.82, 2.24) is 30.0 Å². The molecule has 10 heteroatoms. The van der Waals surface area contributed by atoms with E-state index < -0.39 is 17.4 Å². The highest BCUT2D eigenvalue weighted by atomic mass is 19.1. The summed E-state index contributed by atoms with van der Waals surface area (Å²) in [5.41, 5.74) is 0.557. The van der Waals surface area contributed by atoms with Gasteiger partial charge in [-0.2, -0.15) is 4.98 Å². The number of nitrogens with one attached hydrogen (secondary N) is 1. The van der Waals surface area contributed by atoms with Crippen molar-refractivity contribution in [3.63, 3.8) is 0 Å². The van der Waals surface area contributed by atoms with Crippen LogP contribution in [0.2, 0.25) is 0 Å². The summed E-state index contributed by atoms with van der Waals surface area (Å²) in [7, 11) is 3.43. The molecule has 2 saturated heterocycles. The minimum Gasteiger partial charge on any atom is -0.507 e. The number of aromatic nitrogens is 5. The number of nitrogens with zero attached hydrogens (tertiary/aromatic N) is 6. The maximum Gasteiger partial charge on any atom is 0.350 e. The van der Waals surface area contributed by atoms with Gasteiger partial charge in [-0.1, -0.05) is 6.07 Å². The van der Waals surface area contributed by atoms with Crippen LogP contribution in [0.5, 0.6) is 5.75 Å². The standard InChI is InChI=1S/C23H26FN7O2/c1-23-9-8-14(11-26-23)19(20(23)24)31(3)18-7-6-16(28-29-18)15-5-4-13(10-17(15)32)21-25-12-30(2)22(33)27-21/h4-7,10,12,14,19-20,26,32H,8-9,11H2,1-3H3/t14?,19-,20-,23-/m1/s1. The molecule has 4 heterocycles. The zero-order valence-corrected chi connectivity index (χ0v) is 18.7. The summed E-state index contributed by atoms with van der Waals surface area (Å²) in [6, 6.07) is 8.19. The minimum absolute atomic E-state index is 0.0282. The molecular formula is C23H26FN7O2. The van der Waals surface area contributed by atoms with E-state index in [9.17, 15) is 9.90 Å². The van der Waals surface area contributed by atoms with Crippen LogP contribution in [0.25, 0.3) is 22.6 Å². The highest BCUT2D eigenvalue weighted by Crippen LogP contribution is 2.42. The summed E-state index contributed by atoms with van der Waals surface area (Å²) in [6.45, 7) is 2.75. The summed E-state index contributed by atoms with van der Waals surface area (Å²) in [4.78, 5) is 21.7. The van der Waals surface area contributed by atoms with Crippen LogP contribution in [0.3, 0.4) is 0 Å². The normalized spacial score (nSPS) is 26.4. The van der Waals surface area contributed by atoms with Crippen LogP contribution >= 0.6 is 0 Å². The number of piperidine rings is 2. The Hall–Kier alpha value is -3.40. The lowest BCUT2D eigenvalue weighted by atomic mass is 9.68.